The van der Waals surface area contributed by atoms with E-state index >= 15 is 0 Å². The van der Waals surface area contributed by atoms with Gasteiger partial charge in [-0.3, -0.25) is 0 Å². The summed E-state index contributed by atoms with van der Waals surface area (Å²) in [6.45, 7) is 0.0662. The van der Waals surface area contributed by atoms with Crippen LogP contribution in [-0.4, -0.2) is 48.5 Å². The molecule has 0 unspecified atom stereocenters. The predicted molar refractivity (Wildman–Crippen MR) is 117 cm³/mol. The van der Waals surface area contributed by atoms with Gasteiger partial charge in [-0.15, -0.1) is 0 Å². The molecule has 1 fully saturated rings. The van der Waals surface area contributed by atoms with Gasteiger partial charge in [0, 0.05) is 13.5 Å². The number of methoxy groups -OCH3 is 1. The summed E-state index contributed by atoms with van der Waals surface area (Å²) >= 11 is 0. The van der Waals surface area contributed by atoms with Gasteiger partial charge in [0.25, 0.3) is 0 Å². The van der Waals surface area contributed by atoms with Crippen molar-refractivity contribution in [2.75, 3.05) is 13.7 Å². The van der Waals surface area contributed by atoms with E-state index in [0.29, 0.717) is 0 Å². The average molecular weight is 421 g/mol. The zero-order valence-corrected chi connectivity index (χ0v) is 17.5. The molecule has 3 aromatic carbocycles. The monoisotopic (exact) mass is 420 g/mol. The van der Waals surface area contributed by atoms with E-state index in [9.17, 15) is 10.2 Å². The van der Waals surface area contributed by atoms with Crippen molar-refractivity contribution in [1.82, 2.24) is 0 Å². The maximum atomic E-state index is 10.5. The SMILES string of the molecule is CO[C@@H]1C[C@@H](O)[C@H](O)[C@@H](COC(c2ccccc2)(c2ccccc2)c2ccccc2)O1. The Hall–Kier alpha value is -2.54. The molecular formula is C26H28O5. The first-order chi connectivity index (χ1) is 15.1. The van der Waals surface area contributed by atoms with Gasteiger partial charge in [-0.05, 0) is 16.7 Å². The second kappa shape index (κ2) is 9.73. The van der Waals surface area contributed by atoms with Crippen LogP contribution in [0.25, 0.3) is 0 Å². The van der Waals surface area contributed by atoms with Crippen LogP contribution in [0.5, 0.6) is 0 Å². The molecule has 4 atom stereocenters. The van der Waals surface area contributed by atoms with Gasteiger partial charge in [0.15, 0.2) is 6.29 Å². The number of aliphatic hydroxyl groups is 2. The smallest absolute Gasteiger partial charge is 0.160 e. The molecule has 0 saturated carbocycles. The fourth-order valence-electron chi connectivity index (χ4n) is 4.18. The largest absolute Gasteiger partial charge is 0.390 e. The third kappa shape index (κ3) is 4.42. The summed E-state index contributed by atoms with van der Waals surface area (Å²) in [5.41, 5.74) is 1.96. The van der Waals surface area contributed by atoms with E-state index in [1.54, 1.807) is 0 Å². The van der Waals surface area contributed by atoms with E-state index in [-0.39, 0.29) is 13.0 Å². The molecule has 1 aliphatic rings. The van der Waals surface area contributed by atoms with E-state index in [0.717, 1.165) is 16.7 Å². The van der Waals surface area contributed by atoms with Crippen LogP contribution in [0, 0.1) is 0 Å². The highest BCUT2D eigenvalue weighted by molar-refractivity contribution is 5.47. The van der Waals surface area contributed by atoms with Crippen molar-refractivity contribution in [2.24, 2.45) is 0 Å². The number of aliphatic hydroxyl groups excluding tert-OH is 2. The van der Waals surface area contributed by atoms with Crippen molar-refractivity contribution in [1.29, 1.82) is 0 Å². The number of hydrogen-bond donors (Lipinski definition) is 2. The Morgan fingerprint density at radius 2 is 1.26 bits per heavy atom. The first-order valence-electron chi connectivity index (χ1n) is 10.5. The number of rotatable bonds is 7. The summed E-state index contributed by atoms with van der Waals surface area (Å²) in [7, 11) is 1.52. The molecular weight excluding hydrogens is 392 g/mol. The molecule has 1 aliphatic heterocycles. The van der Waals surface area contributed by atoms with Gasteiger partial charge in [-0.1, -0.05) is 91.0 Å². The maximum absolute atomic E-state index is 10.5. The van der Waals surface area contributed by atoms with E-state index in [4.69, 9.17) is 14.2 Å². The minimum absolute atomic E-state index is 0.0662. The van der Waals surface area contributed by atoms with Crippen LogP contribution in [0.3, 0.4) is 0 Å². The van der Waals surface area contributed by atoms with Crippen molar-refractivity contribution in [3.05, 3.63) is 108 Å². The van der Waals surface area contributed by atoms with E-state index in [2.05, 4.69) is 0 Å². The van der Waals surface area contributed by atoms with Crippen LogP contribution >= 0.6 is 0 Å². The standard InChI is InChI=1S/C26H28O5/c1-29-24-17-22(27)25(28)23(31-24)18-30-26(19-11-5-2-6-12-19,20-13-7-3-8-14-20)21-15-9-4-10-16-21/h2-16,22-25,27-28H,17-18H2,1H3/t22-,23-,24+,25+/m1/s1. The highest BCUT2D eigenvalue weighted by atomic mass is 16.7. The van der Waals surface area contributed by atoms with Crippen molar-refractivity contribution in [3.8, 4) is 0 Å². The topological polar surface area (TPSA) is 68.2 Å². The van der Waals surface area contributed by atoms with Gasteiger partial charge >= 0.3 is 0 Å². The van der Waals surface area contributed by atoms with Gasteiger partial charge in [-0.2, -0.15) is 0 Å². The van der Waals surface area contributed by atoms with E-state index in [1.165, 1.54) is 7.11 Å². The van der Waals surface area contributed by atoms with Gasteiger partial charge in [-0.25, -0.2) is 0 Å². The molecule has 0 spiro atoms. The van der Waals surface area contributed by atoms with E-state index < -0.39 is 30.2 Å². The van der Waals surface area contributed by atoms with Gasteiger partial charge in [0.1, 0.15) is 17.8 Å². The third-order valence-electron chi connectivity index (χ3n) is 5.80. The molecule has 0 bridgehead atoms. The molecule has 0 radical (unpaired) electrons. The van der Waals surface area contributed by atoms with Crippen molar-refractivity contribution < 1.29 is 24.4 Å². The molecule has 0 aromatic heterocycles. The Kier molecular flexibility index (Phi) is 6.80. The lowest BCUT2D eigenvalue weighted by molar-refractivity contribution is -0.256. The Balaban J connectivity index is 1.77. The minimum Gasteiger partial charge on any atom is -0.390 e. The zero-order chi connectivity index (χ0) is 21.7. The van der Waals surface area contributed by atoms with Crippen LogP contribution in [0.2, 0.25) is 0 Å². The molecule has 5 heteroatoms. The number of hydrogen-bond acceptors (Lipinski definition) is 5. The van der Waals surface area contributed by atoms with Gasteiger partial charge in [0.2, 0.25) is 0 Å². The summed E-state index contributed by atoms with van der Waals surface area (Å²) in [4.78, 5) is 0. The first-order valence-corrected chi connectivity index (χ1v) is 10.5. The fourth-order valence-corrected chi connectivity index (χ4v) is 4.18. The van der Waals surface area contributed by atoms with Gasteiger partial charge in [0.05, 0.1) is 12.7 Å². The molecule has 4 rings (SSSR count). The third-order valence-corrected chi connectivity index (χ3v) is 5.80. The summed E-state index contributed by atoms with van der Waals surface area (Å²) in [6.07, 6.45) is -3.11. The summed E-state index contributed by atoms with van der Waals surface area (Å²) in [6, 6.07) is 30.0. The van der Waals surface area contributed by atoms with Crippen LogP contribution in [0.1, 0.15) is 23.1 Å². The Morgan fingerprint density at radius 1 is 0.806 bits per heavy atom. The second-order valence-corrected chi connectivity index (χ2v) is 7.72. The number of ether oxygens (including phenoxy) is 3. The first kappa shape index (κ1) is 21.7. The quantitative estimate of drug-likeness (QED) is 0.573. The Morgan fingerprint density at radius 3 is 1.68 bits per heavy atom. The molecule has 2 N–H and O–H groups in total. The lowest BCUT2D eigenvalue weighted by Crippen LogP contribution is -2.51. The summed E-state index contributed by atoms with van der Waals surface area (Å²) in [5.74, 6) is 0. The lowest BCUT2D eigenvalue weighted by Gasteiger charge is -2.40. The minimum atomic E-state index is -1.06. The van der Waals surface area contributed by atoms with Gasteiger partial charge < -0.3 is 24.4 Å². The molecule has 5 nitrogen and oxygen atoms in total. The predicted octanol–water partition coefficient (Wildman–Crippen LogP) is 3.48. The van der Waals surface area contributed by atoms with E-state index in [1.807, 2.05) is 91.0 Å². The van der Waals surface area contributed by atoms with Crippen molar-refractivity contribution in [3.63, 3.8) is 0 Å². The molecule has 3 aromatic rings. The second-order valence-electron chi connectivity index (χ2n) is 7.72. The van der Waals surface area contributed by atoms with Crippen LogP contribution in [0.4, 0.5) is 0 Å². The lowest BCUT2D eigenvalue weighted by atomic mass is 9.80. The van der Waals surface area contributed by atoms with Crippen LogP contribution in [-0.2, 0) is 19.8 Å². The highest BCUT2D eigenvalue weighted by Crippen LogP contribution is 2.41. The Bertz CT molecular complexity index is 835. The van der Waals surface area contributed by atoms with Crippen LogP contribution in [0.15, 0.2) is 91.0 Å². The molecule has 0 aliphatic carbocycles. The zero-order valence-electron chi connectivity index (χ0n) is 17.5. The summed E-state index contributed by atoms with van der Waals surface area (Å²) in [5, 5.41) is 20.8. The normalized spacial score (nSPS) is 24.1. The van der Waals surface area contributed by atoms with Crippen LogP contribution < -0.4 is 0 Å². The van der Waals surface area contributed by atoms with Crippen molar-refractivity contribution in [2.45, 2.75) is 36.6 Å². The Labute approximate surface area is 182 Å². The molecule has 1 saturated heterocycles. The molecule has 1 heterocycles. The molecule has 0 amide bonds. The maximum Gasteiger partial charge on any atom is 0.160 e. The highest BCUT2D eigenvalue weighted by Gasteiger charge is 2.42. The van der Waals surface area contributed by atoms with Crippen molar-refractivity contribution >= 4 is 0 Å². The molecule has 31 heavy (non-hydrogen) atoms. The summed E-state index contributed by atoms with van der Waals surface area (Å²) < 4.78 is 17.8. The average Bonchev–Trinajstić information content (AvgIpc) is 2.84. The molecule has 162 valence electrons. The fraction of sp³-hybridized carbons (Fsp3) is 0.308. The number of benzene rings is 3.